The van der Waals surface area contributed by atoms with Crippen LogP contribution in [0, 0.1) is 5.92 Å². The first-order valence-corrected chi connectivity index (χ1v) is 7.70. The maximum atomic E-state index is 10.9. The van der Waals surface area contributed by atoms with Crippen molar-refractivity contribution in [2.24, 2.45) is 5.92 Å². The third-order valence-corrected chi connectivity index (χ3v) is 3.31. The summed E-state index contributed by atoms with van der Waals surface area (Å²) in [6.07, 6.45) is 2.62. The van der Waals surface area contributed by atoms with Crippen LogP contribution in [0.3, 0.4) is 0 Å². The number of hydrogen-bond acceptors (Lipinski definition) is 7. The van der Waals surface area contributed by atoms with Crippen LogP contribution >= 0.6 is 0 Å². The minimum Gasteiger partial charge on any atom is -0.384 e. The first-order valence-electron chi connectivity index (χ1n) is 5.88. The molecule has 0 spiro atoms. The van der Waals surface area contributed by atoms with Crippen LogP contribution in [0.25, 0.3) is 0 Å². The zero-order valence-electron chi connectivity index (χ0n) is 10.9. The minimum absolute atomic E-state index is 0.0658. The Morgan fingerprint density at radius 2 is 2.21 bits per heavy atom. The van der Waals surface area contributed by atoms with E-state index in [1.807, 2.05) is 4.90 Å². The van der Waals surface area contributed by atoms with E-state index in [9.17, 15) is 8.42 Å². The van der Waals surface area contributed by atoms with Gasteiger partial charge in [0.1, 0.15) is 6.61 Å². The molecule has 1 aromatic rings. The van der Waals surface area contributed by atoms with Gasteiger partial charge in [-0.25, -0.2) is 9.97 Å². The van der Waals surface area contributed by atoms with Gasteiger partial charge < -0.3 is 9.64 Å². The van der Waals surface area contributed by atoms with Crippen molar-refractivity contribution < 1.29 is 17.3 Å². The Balaban J connectivity index is 1.93. The number of aromatic nitrogens is 2. The topological polar surface area (TPSA) is 81.6 Å². The molecule has 1 aliphatic heterocycles. The molecule has 0 aliphatic carbocycles. The first kappa shape index (κ1) is 14.2. The quantitative estimate of drug-likeness (QED) is 0.683. The van der Waals surface area contributed by atoms with Crippen molar-refractivity contribution in [2.45, 2.75) is 6.61 Å². The van der Waals surface area contributed by atoms with Gasteiger partial charge in [0.05, 0.1) is 18.6 Å². The molecule has 0 bridgehead atoms. The van der Waals surface area contributed by atoms with Gasteiger partial charge in [-0.1, -0.05) is 0 Å². The molecule has 0 amide bonds. The molecule has 2 rings (SSSR count). The summed E-state index contributed by atoms with van der Waals surface area (Å²) in [5.74, 6) is 1.10. The van der Waals surface area contributed by atoms with Crippen LogP contribution in [0.1, 0.15) is 5.69 Å². The Morgan fingerprint density at radius 1 is 1.47 bits per heavy atom. The van der Waals surface area contributed by atoms with Gasteiger partial charge in [0.15, 0.2) is 0 Å². The lowest BCUT2D eigenvalue weighted by Gasteiger charge is -2.38. The first-order chi connectivity index (χ1) is 8.98. The fourth-order valence-electron chi connectivity index (χ4n) is 1.86. The second kappa shape index (κ2) is 5.81. The molecule has 106 valence electrons. The summed E-state index contributed by atoms with van der Waals surface area (Å²) in [5.41, 5.74) is 0.547. The van der Waals surface area contributed by atoms with Crippen molar-refractivity contribution >= 4 is 16.1 Å². The number of ether oxygens (including phenoxy) is 1. The van der Waals surface area contributed by atoms with Gasteiger partial charge >= 0.3 is 0 Å². The predicted molar refractivity (Wildman–Crippen MR) is 69.2 cm³/mol. The lowest BCUT2D eigenvalue weighted by Crippen LogP contribution is -2.49. The average Bonchev–Trinajstić information content (AvgIpc) is 2.30. The van der Waals surface area contributed by atoms with Gasteiger partial charge in [0.25, 0.3) is 10.1 Å². The number of rotatable bonds is 6. The molecule has 0 saturated carbocycles. The van der Waals surface area contributed by atoms with Crippen LogP contribution < -0.4 is 4.90 Å². The average molecular weight is 287 g/mol. The standard InChI is InChI=1S/C11H17N3O4S/c1-17-7-9-5-14(6-9)11-12-4-3-10(13-11)8-18-19(2,15)16/h3-4,9H,5-8H2,1-2H3. The van der Waals surface area contributed by atoms with Crippen LogP contribution in [0.5, 0.6) is 0 Å². The van der Waals surface area contributed by atoms with Crippen molar-refractivity contribution in [3.05, 3.63) is 18.0 Å². The zero-order valence-corrected chi connectivity index (χ0v) is 11.8. The Bertz CT molecular complexity index is 528. The van der Waals surface area contributed by atoms with Crippen LogP contribution in [0.4, 0.5) is 5.95 Å². The van der Waals surface area contributed by atoms with E-state index >= 15 is 0 Å². The molecular formula is C11H17N3O4S. The van der Waals surface area contributed by atoms with Gasteiger partial charge in [-0.05, 0) is 6.07 Å². The smallest absolute Gasteiger partial charge is 0.264 e. The fourth-order valence-corrected chi connectivity index (χ4v) is 2.19. The summed E-state index contributed by atoms with van der Waals surface area (Å²) in [5, 5.41) is 0. The normalized spacial score (nSPS) is 16.4. The van der Waals surface area contributed by atoms with Crippen LogP contribution in [0.2, 0.25) is 0 Å². The number of anilines is 1. The van der Waals surface area contributed by atoms with Crippen molar-refractivity contribution in [1.29, 1.82) is 0 Å². The van der Waals surface area contributed by atoms with Crippen LogP contribution in [-0.2, 0) is 25.6 Å². The van der Waals surface area contributed by atoms with E-state index in [0.29, 0.717) is 17.6 Å². The maximum absolute atomic E-state index is 10.9. The van der Waals surface area contributed by atoms with E-state index in [1.165, 1.54) is 0 Å². The van der Waals surface area contributed by atoms with Gasteiger partial charge in [0, 0.05) is 32.3 Å². The third kappa shape index (κ3) is 4.12. The highest BCUT2D eigenvalue weighted by molar-refractivity contribution is 7.85. The summed E-state index contributed by atoms with van der Waals surface area (Å²) < 4.78 is 31.6. The van der Waals surface area contributed by atoms with E-state index in [2.05, 4.69) is 9.97 Å². The monoisotopic (exact) mass is 287 g/mol. The SMILES string of the molecule is COCC1CN(c2nccc(COS(C)(=O)=O)n2)C1. The molecule has 7 nitrogen and oxygen atoms in total. The molecular weight excluding hydrogens is 270 g/mol. The Morgan fingerprint density at radius 3 is 2.84 bits per heavy atom. The van der Waals surface area contributed by atoms with Gasteiger partial charge in [-0.2, -0.15) is 8.42 Å². The molecule has 2 heterocycles. The van der Waals surface area contributed by atoms with Gasteiger partial charge in [-0.3, -0.25) is 4.18 Å². The minimum atomic E-state index is -3.45. The number of hydrogen-bond donors (Lipinski definition) is 0. The van der Waals surface area contributed by atoms with Gasteiger partial charge in [-0.15, -0.1) is 0 Å². The Labute approximate surface area is 112 Å². The van der Waals surface area contributed by atoms with E-state index in [0.717, 1.165) is 26.0 Å². The molecule has 1 saturated heterocycles. The summed E-state index contributed by atoms with van der Waals surface area (Å²) in [4.78, 5) is 10.5. The van der Waals surface area contributed by atoms with E-state index in [-0.39, 0.29) is 6.61 Å². The largest absolute Gasteiger partial charge is 0.384 e. The summed E-state index contributed by atoms with van der Waals surface area (Å²) >= 11 is 0. The Hall–Kier alpha value is -1.25. The number of methoxy groups -OCH3 is 1. The molecule has 19 heavy (non-hydrogen) atoms. The highest BCUT2D eigenvalue weighted by atomic mass is 32.2. The summed E-state index contributed by atoms with van der Waals surface area (Å²) in [6, 6.07) is 1.64. The highest BCUT2D eigenvalue weighted by Crippen LogP contribution is 2.21. The maximum Gasteiger partial charge on any atom is 0.264 e. The second-order valence-electron chi connectivity index (χ2n) is 4.54. The molecule has 1 aliphatic rings. The molecule has 1 fully saturated rings. The van der Waals surface area contributed by atoms with Gasteiger partial charge in [0.2, 0.25) is 5.95 Å². The molecule has 0 N–H and O–H groups in total. The Kier molecular flexibility index (Phi) is 4.33. The highest BCUT2D eigenvalue weighted by Gasteiger charge is 2.28. The lowest BCUT2D eigenvalue weighted by molar-refractivity contribution is 0.136. The summed E-state index contributed by atoms with van der Waals surface area (Å²) in [7, 11) is -1.77. The van der Waals surface area contributed by atoms with Crippen molar-refractivity contribution in [1.82, 2.24) is 9.97 Å². The number of nitrogens with zero attached hydrogens (tertiary/aromatic N) is 3. The molecule has 8 heteroatoms. The predicted octanol–water partition coefficient (Wildman–Crippen LogP) is 0.0354. The van der Waals surface area contributed by atoms with E-state index in [4.69, 9.17) is 8.92 Å². The molecule has 0 aromatic carbocycles. The molecule has 0 atom stereocenters. The molecule has 0 unspecified atom stereocenters. The van der Waals surface area contributed by atoms with Crippen molar-refractivity contribution in [2.75, 3.05) is 38.0 Å². The van der Waals surface area contributed by atoms with Crippen LogP contribution in [-0.4, -0.2) is 51.4 Å². The van der Waals surface area contributed by atoms with Crippen LogP contribution in [0.15, 0.2) is 12.3 Å². The molecule has 1 aromatic heterocycles. The van der Waals surface area contributed by atoms with Crippen molar-refractivity contribution in [3.63, 3.8) is 0 Å². The zero-order chi connectivity index (χ0) is 13.9. The lowest BCUT2D eigenvalue weighted by atomic mass is 10.0. The second-order valence-corrected chi connectivity index (χ2v) is 6.18. The molecule has 0 radical (unpaired) electrons. The summed E-state index contributed by atoms with van der Waals surface area (Å²) in [6.45, 7) is 2.37. The third-order valence-electron chi connectivity index (χ3n) is 2.76. The van der Waals surface area contributed by atoms with E-state index in [1.54, 1.807) is 19.4 Å². The van der Waals surface area contributed by atoms with Crippen molar-refractivity contribution in [3.8, 4) is 0 Å². The fraction of sp³-hybridized carbons (Fsp3) is 0.636. The van der Waals surface area contributed by atoms with E-state index < -0.39 is 10.1 Å².